The van der Waals surface area contributed by atoms with E-state index in [4.69, 9.17) is 16.3 Å². The fourth-order valence-corrected chi connectivity index (χ4v) is 4.16. The van der Waals surface area contributed by atoms with E-state index < -0.39 is 15.9 Å². The molecule has 2 heterocycles. The summed E-state index contributed by atoms with van der Waals surface area (Å²) < 4.78 is 31.9. The number of aromatic nitrogens is 1. The zero-order chi connectivity index (χ0) is 17.9. The molecule has 3 rings (SSSR count). The van der Waals surface area contributed by atoms with Crippen LogP contribution in [0, 0.1) is 0 Å². The van der Waals surface area contributed by atoms with Gasteiger partial charge in [0.15, 0.2) is 0 Å². The Labute approximate surface area is 151 Å². The van der Waals surface area contributed by atoms with Gasteiger partial charge in [-0.2, -0.15) is 4.31 Å². The van der Waals surface area contributed by atoms with Crippen LogP contribution in [0.2, 0.25) is 5.02 Å². The molecule has 2 aromatic rings. The smallest absolute Gasteiger partial charge is 0.253 e. The number of hydrogen-bond donors (Lipinski definition) is 2. The summed E-state index contributed by atoms with van der Waals surface area (Å²) in [5, 5.41) is 2.92. The van der Waals surface area contributed by atoms with Gasteiger partial charge >= 0.3 is 0 Å². The zero-order valence-corrected chi connectivity index (χ0v) is 14.9. The van der Waals surface area contributed by atoms with Crippen molar-refractivity contribution in [2.24, 2.45) is 0 Å². The molecule has 1 amide bonds. The molecule has 0 saturated carbocycles. The first-order valence-electron chi connectivity index (χ1n) is 7.76. The second-order valence-corrected chi connectivity index (χ2v) is 7.88. The molecule has 0 radical (unpaired) electrons. The number of morpholine rings is 1. The number of carbonyl (C=O) groups is 1. The van der Waals surface area contributed by atoms with E-state index >= 15 is 0 Å². The Morgan fingerprint density at radius 1 is 1.28 bits per heavy atom. The number of hydrogen-bond acceptors (Lipinski definition) is 4. The standard InChI is InChI=1S/C16H18ClN3O4S/c17-15-4-3-13(25(22,23)20-6-8-24-9-7-20)10-14(15)16(21)19-11-12-2-1-5-18-12/h1-5,10,18H,6-9,11H2,(H,19,21). The minimum Gasteiger partial charge on any atom is -0.379 e. The summed E-state index contributed by atoms with van der Waals surface area (Å²) in [5.41, 5.74) is 0.962. The Kier molecular flexibility index (Phi) is 5.43. The molecule has 0 bridgehead atoms. The molecular formula is C16H18ClN3O4S. The van der Waals surface area contributed by atoms with Gasteiger partial charge in [-0.15, -0.1) is 0 Å². The van der Waals surface area contributed by atoms with Gasteiger partial charge in [0, 0.05) is 25.0 Å². The predicted molar refractivity (Wildman–Crippen MR) is 93.0 cm³/mol. The number of rotatable bonds is 5. The highest BCUT2D eigenvalue weighted by Crippen LogP contribution is 2.23. The van der Waals surface area contributed by atoms with Crippen LogP contribution in [-0.4, -0.2) is 49.9 Å². The van der Waals surface area contributed by atoms with Gasteiger partial charge in [-0.25, -0.2) is 8.42 Å². The minimum absolute atomic E-state index is 0.0452. The second-order valence-electron chi connectivity index (χ2n) is 5.54. The number of H-pyrrole nitrogens is 1. The van der Waals surface area contributed by atoms with E-state index in [-0.39, 0.29) is 15.5 Å². The third kappa shape index (κ3) is 4.04. The van der Waals surface area contributed by atoms with Crippen LogP contribution in [0.5, 0.6) is 0 Å². The van der Waals surface area contributed by atoms with Crippen LogP contribution in [0.15, 0.2) is 41.4 Å². The van der Waals surface area contributed by atoms with Crippen molar-refractivity contribution >= 4 is 27.5 Å². The van der Waals surface area contributed by atoms with Gasteiger partial charge < -0.3 is 15.0 Å². The van der Waals surface area contributed by atoms with E-state index in [2.05, 4.69) is 10.3 Å². The molecule has 9 heteroatoms. The van der Waals surface area contributed by atoms with Gasteiger partial charge in [0.2, 0.25) is 10.0 Å². The predicted octanol–water partition coefficient (Wildman–Crippen LogP) is 1.62. The Hall–Kier alpha value is -1.87. The van der Waals surface area contributed by atoms with E-state index in [0.717, 1.165) is 5.69 Å². The Bertz CT molecular complexity index is 846. The largest absolute Gasteiger partial charge is 0.379 e. The van der Waals surface area contributed by atoms with Crippen LogP contribution in [0.25, 0.3) is 0 Å². The molecule has 1 aliphatic heterocycles. The summed E-state index contributed by atoms with van der Waals surface area (Å²) >= 11 is 6.09. The number of nitrogens with one attached hydrogen (secondary N) is 2. The summed E-state index contributed by atoms with van der Waals surface area (Å²) in [7, 11) is -3.68. The highest BCUT2D eigenvalue weighted by atomic mass is 35.5. The van der Waals surface area contributed by atoms with Crippen LogP contribution in [0.3, 0.4) is 0 Å². The minimum atomic E-state index is -3.68. The lowest BCUT2D eigenvalue weighted by atomic mass is 10.2. The molecule has 1 aliphatic rings. The number of ether oxygens (including phenoxy) is 1. The van der Waals surface area contributed by atoms with Crippen LogP contribution < -0.4 is 5.32 Å². The number of sulfonamides is 1. The fourth-order valence-electron chi connectivity index (χ4n) is 2.52. The van der Waals surface area contributed by atoms with E-state index in [9.17, 15) is 13.2 Å². The lowest BCUT2D eigenvalue weighted by Crippen LogP contribution is -2.40. The van der Waals surface area contributed by atoms with Crippen molar-refractivity contribution in [3.63, 3.8) is 0 Å². The summed E-state index contributed by atoms with van der Waals surface area (Å²) in [6.07, 6.45) is 1.75. The van der Waals surface area contributed by atoms with Gasteiger partial charge in [-0.3, -0.25) is 4.79 Å². The average molecular weight is 384 g/mol. The molecule has 2 N–H and O–H groups in total. The van der Waals surface area contributed by atoms with Gasteiger partial charge in [0.1, 0.15) is 0 Å². The highest BCUT2D eigenvalue weighted by molar-refractivity contribution is 7.89. The van der Waals surface area contributed by atoms with E-state index in [0.29, 0.717) is 32.8 Å². The van der Waals surface area contributed by atoms with Crippen molar-refractivity contribution < 1.29 is 17.9 Å². The lowest BCUT2D eigenvalue weighted by Gasteiger charge is -2.26. The van der Waals surface area contributed by atoms with E-state index in [1.54, 1.807) is 6.20 Å². The van der Waals surface area contributed by atoms with Crippen molar-refractivity contribution in [2.45, 2.75) is 11.4 Å². The van der Waals surface area contributed by atoms with Crippen LogP contribution in [0.1, 0.15) is 16.1 Å². The molecule has 25 heavy (non-hydrogen) atoms. The average Bonchev–Trinajstić information content (AvgIpc) is 3.14. The molecule has 1 fully saturated rings. The molecule has 0 aliphatic carbocycles. The molecule has 1 aromatic carbocycles. The first kappa shape index (κ1) is 17.9. The summed E-state index contributed by atoms with van der Waals surface area (Å²) in [5.74, 6) is -0.432. The number of benzene rings is 1. The second kappa shape index (κ2) is 7.57. The first-order chi connectivity index (χ1) is 12.0. The fraction of sp³-hybridized carbons (Fsp3) is 0.312. The van der Waals surface area contributed by atoms with Crippen molar-refractivity contribution in [1.82, 2.24) is 14.6 Å². The SMILES string of the molecule is O=C(NCc1ccc[nH]1)c1cc(S(=O)(=O)N2CCOCC2)ccc1Cl. The molecule has 1 aromatic heterocycles. The first-order valence-corrected chi connectivity index (χ1v) is 9.58. The molecule has 7 nitrogen and oxygen atoms in total. The monoisotopic (exact) mass is 383 g/mol. The molecular weight excluding hydrogens is 366 g/mol. The van der Waals surface area contributed by atoms with Gasteiger partial charge in [-0.1, -0.05) is 11.6 Å². The third-order valence-corrected chi connectivity index (χ3v) is 6.12. The number of nitrogens with zero attached hydrogens (tertiary/aromatic N) is 1. The van der Waals surface area contributed by atoms with E-state index in [1.807, 2.05) is 12.1 Å². The molecule has 0 spiro atoms. The molecule has 1 saturated heterocycles. The van der Waals surface area contributed by atoms with E-state index in [1.165, 1.54) is 22.5 Å². The Morgan fingerprint density at radius 3 is 2.72 bits per heavy atom. The highest BCUT2D eigenvalue weighted by Gasteiger charge is 2.27. The molecule has 134 valence electrons. The molecule has 0 atom stereocenters. The summed E-state index contributed by atoms with van der Waals surface area (Å²) in [6.45, 7) is 1.59. The molecule has 0 unspecified atom stereocenters. The van der Waals surface area contributed by atoms with Crippen molar-refractivity contribution in [2.75, 3.05) is 26.3 Å². The third-order valence-electron chi connectivity index (χ3n) is 3.89. The topological polar surface area (TPSA) is 91.5 Å². The summed E-state index contributed by atoms with van der Waals surface area (Å²) in [6, 6.07) is 7.82. The quantitative estimate of drug-likeness (QED) is 0.820. The van der Waals surface area contributed by atoms with Crippen molar-refractivity contribution in [3.8, 4) is 0 Å². The van der Waals surface area contributed by atoms with Gasteiger partial charge in [0.05, 0.1) is 35.2 Å². The van der Waals surface area contributed by atoms with Crippen LogP contribution in [0.4, 0.5) is 0 Å². The van der Waals surface area contributed by atoms with Crippen molar-refractivity contribution in [3.05, 3.63) is 52.8 Å². The number of halogens is 1. The number of amides is 1. The normalized spacial score (nSPS) is 15.9. The summed E-state index contributed by atoms with van der Waals surface area (Å²) in [4.78, 5) is 15.4. The van der Waals surface area contributed by atoms with Crippen molar-refractivity contribution in [1.29, 1.82) is 0 Å². The maximum atomic E-state index is 12.7. The lowest BCUT2D eigenvalue weighted by molar-refractivity contribution is 0.0730. The zero-order valence-electron chi connectivity index (χ0n) is 13.4. The van der Waals surface area contributed by atoms with Crippen LogP contribution in [-0.2, 0) is 21.3 Å². The van der Waals surface area contributed by atoms with Gasteiger partial charge in [-0.05, 0) is 30.3 Å². The number of aromatic amines is 1. The Morgan fingerprint density at radius 2 is 2.04 bits per heavy atom. The Balaban J connectivity index is 1.81. The maximum absolute atomic E-state index is 12.7. The van der Waals surface area contributed by atoms with Crippen LogP contribution >= 0.6 is 11.6 Å². The number of carbonyl (C=O) groups excluding carboxylic acids is 1. The van der Waals surface area contributed by atoms with Gasteiger partial charge in [0.25, 0.3) is 5.91 Å². The maximum Gasteiger partial charge on any atom is 0.253 e.